The van der Waals surface area contributed by atoms with Crippen molar-refractivity contribution in [3.8, 4) is 29.3 Å². The average Bonchev–Trinajstić information content (AvgIpc) is 1.65. The Balaban J connectivity index is 0.000000281. The lowest BCUT2D eigenvalue weighted by atomic mass is 10.2. The van der Waals surface area contributed by atoms with E-state index in [-0.39, 0.29) is 28.8 Å². The maximum atomic E-state index is 12.4. The summed E-state index contributed by atoms with van der Waals surface area (Å²) in [5.74, 6) is 4.78. The lowest BCUT2D eigenvalue weighted by Gasteiger charge is -2.24. The summed E-state index contributed by atoms with van der Waals surface area (Å²) in [5, 5.41) is 45.3. The van der Waals surface area contributed by atoms with E-state index < -0.39 is 45.5 Å². The number of fused-ring (bicyclic) bond motifs is 6. The molecule has 115 heavy (non-hydrogen) atoms. The minimum absolute atomic E-state index is 0.103. The maximum Gasteiger partial charge on any atom is 0.415 e. The summed E-state index contributed by atoms with van der Waals surface area (Å²) in [6, 6.07) is 14.1. The lowest BCUT2D eigenvalue weighted by Crippen LogP contribution is -2.35. The number of rotatable bonds is 6. The number of ketones is 1. The maximum absolute atomic E-state index is 12.4. The van der Waals surface area contributed by atoms with Crippen LogP contribution in [-0.2, 0) is 23.8 Å². The molecule has 0 radical (unpaired) electrons. The van der Waals surface area contributed by atoms with Crippen LogP contribution >= 0.6 is 149 Å². The summed E-state index contributed by atoms with van der Waals surface area (Å²) in [6.45, 7) is 31.2. The Morgan fingerprint density at radius 3 is 1.50 bits per heavy atom. The van der Waals surface area contributed by atoms with Crippen LogP contribution in [0.3, 0.4) is 0 Å². The normalized spacial score (nSPS) is 10.7. The fraction of sp³-hybridized carbons (Fsp3) is 0.329. The SMILES string of the molecule is C#C[Si](C)(C)C.CC.CCOC(=O)CC(C)=O.CN(C(=O)OC(C)(C)C)c1cc(Cl)nc2c(C#C[Si](C)(C)C)cnn12.CN(C(=O)OC(C)(C)C)c1cc(Cl)nc2c(I)cnn12.CNc1cc(Cl)nc2c(I)cnn12.Clc1cc(Cl)n2ncc(I)c2n1.Clc1cc(Cl)n2nccc2n1.Nc1ccn[nH]1.O=c1cc(O)n2nccc2[nH]1. The molecule has 13 rings (SSSR count). The number of aromatic amines is 2. The third-order valence-corrected chi connectivity index (χ3v) is 18.2. The Bertz CT molecular complexity index is 5620. The molecule has 0 atom stereocenters. The van der Waals surface area contributed by atoms with Gasteiger partial charge in [-0.3, -0.25) is 29.3 Å². The Labute approximate surface area is 740 Å². The van der Waals surface area contributed by atoms with Crippen molar-refractivity contribution in [1.82, 2.24) is 97.8 Å². The molecular formula is C70H84Cl7I3N24O9Si2. The van der Waals surface area contributed by atoms with Crippen LogP contribution in [0.5, 0.6) is 5.88 Å². The molecule has 616 valence electrons. The number of hydrogen-bond acceptors (Lipinski definition) is 23. The number of terminal acetylenes is 1. The number of Topliss-reactive ketones (excluding diaryl/α,β-unsaturated/α-hetero) is 1. The zero-order chi connectivity index (χ0) is 86.8. The molecule has 0 saturated carbocycles. The number of aromatic hydroxyl groups is 1. The highest BCUT2D eigenvalue weighted by molar-refractivity contribution is 14.1. The molecule has 0 aliphatic carbocycles. The third kappa shape index (κ3) is 32.5. The van der Waals surface area contributed by atoms with Gasteiger partial charge in [-0.2, -0.15) is 53.8 Å². The summed E-state index contributed by atoms with van der Waals surface area (Å²) in [4.78, 5) is 81.8. The number of esters is 1. The molecule has 13 aromatic heterocycles. The van der Waals surface area contributed by atoms with E-state index in [1.165, 1.54) is 36.5 Å². The molecule has 13 heterocycles. The molecule has 6 N–H and O–H groups in total. The number of nitrogens with zero attached hydrogens (tertiary/aromatic N) is 20. The summed E-state index contributed by atoms with van der Waals surface area (Å²) >= 11 is 47.4. The van der Waals surface area contributed by atoms with Crippen LogP contribution in [0.4, 0.5) is 32.9 Å². The van der Waals surface area contributed by atoms with Crippen LogP contribution in [0.15, 0.2) is 103 Å². The largest absolute Gasteiger partial charge is 0.493 e. The van der Waals surface area contributed by atoms with Gasteiger partial charge in [0.2, 0.25) is 5.88 Å². The number of carbonyl (C=O) groups excluding carboxylic acids is 4. The number of anilines is 4. The lowest BCUT2D eigenvalue weighted by molar-refractivity contribution is -0.145. The van der Waals surface area contributed by atoms with Gasteiger partial charge in [-0.05, 0) is 129 Å². The van der Waals surface area contributed by atoms with Crippen LogP contribution in [-0.4, -0.2) is 182 Å². The first kappa shape index (κ1) is 98.9. The predicted octanol–water partition coefficient (Wildman–Crippen LogP) is 16.8. The number of nitrogens with one attached hydrogen (secondary N) is 3. The predicted molar refractivity (Wildman–Crippen MR) is 483 cm³/mol. The van der Waals surface area contributed by atoms with Gasteiger partial charge in [-0.1, -0.05) is 140 Å². The number of hydrogen-bond donors (Lipinski definition) is 5. The summed E-state index contributed by atoms with van der Waals surface area (Å²) in [5.41, 5.74) is 14.1. The number of H-pyrrole nitrogens is 2. The molecule has 0 aliphatic heterocycles. The fourth-order valence-electron chi connectivity index (χ4n) is 7.89. The van der Waals surface area contributed by atoms with Crippen LogP contribution in [0.25, 0.3) is 33.9 Å². The van der Waals surface area contributed by atoms with Crippen molar-refractivity contribution >= 4 is 246 Å². The first-order valence-electron chi connectivity index (χ1n) is 33.9. The zero-order valence-corrected chi connectivity index (χ0v) is 79.5. The first-order valence-corrected chi connectivity index (χ1v) is 46.7. The molecule has 2 amide bonds. The van der Waals surface area contributed by atoms with Crippen molar-refractivity contribution in [1.29, 1.82) is 0 Å². The van der Waals surface area contributed by atoms with Gasteiger partial charge in [0.05, 0.1) is 72.3 Å². The number of nitrogens with two attached hydrogens (primary N) is 1. The van der Waals surface area contributed by atoms with Crippen molar-refractivity contribution in [2.45, 2.75) is 126 Å². The monoisotopic (exact) mass is 2090 g/mol. The number of halogens is 10. The Morgan fingerprint density at radius 2 is 1.04 bits per heavy atom. The minimum Gasteiger partial charge on any atom is -0.493 e. The molecule has 0 bridgehead atoms. The van der Waals surface area contributed by atoms with Gasteiger partial charge in [0.1, 0.15) is 105 Å². The second-order valence-corrected chi connectivity index (χ2v) is 42.5. The second kappa shape index (κ2) is 45.3. The van der Waals surface area contributed by atoms with Gasteiger partial charge < -0.3 is 35.4 Å². The van der Waals surface area contributed by atoms with Gasteiger partial charge in [0.25, 0.3) is 5.56 Å². The van der Waals surface area contributed by atoms with Crippen molar-refractivity contribution in [2.24, 2.45) is 0 Å². The van der Waals surface area contributed by atoms with Crippen molar-refractivity contribution in [3.05, 3.63) is 161 Å². The van der Waals surface area contributed by atoms with Crippen molar-refractivity contribution in [3.63, 3.8) is 0 Å². The van der Waals surface area contributed by atoms with Crippen LogP contribution < -0.4 is 26.4 Å². The Hall–Kier alpha value is -8.42. The van der Waals surface area contributed by atoms with Gasteiger partial charge in [0.15, 0.2) is 28.2 Å². The Kier molecular flexibility index (Phi) is 39.0. The smallest absolute Gasteiger partial charge is 0.415 e. The molecular weight excluding hydrogens is 2010 g/mol. The molecule has 0 aliphatic rings. The van der Waals surface area contributed by atoms with Crippen LogP contribution in [0.2, 0.25) is 75.4 Å². The quantitative estimate of drug-likeness (QED) is 0.0196. The zero-order valence-electron chi connectivity index (χ0n) is 65.7. The second-order valence-electron chi connectivity index (χ2n) is 26.8. The van der Waals surface area contributed by atoms with E-state index in [0.717, 1.165) is 28.2 Å². The summed E-state index contributed by atoms with van der Waals surface area (Å²) in [7, 11) is 2.39. The van der Waals surface area contributed by atoms with Gasteiger partial charge in [-0.15, -0.1) is 17.5 Å². The van der Waals surface area contributed by atoms with E-state index in [4.69, 9.17) is 108 Å². The fourth-order valence-corrected chi connectivity index (χ4v) is 11.3. The third-order valence-electron chi connectivity index (χ3n) is 12.7. The van der Waals surface area contributed by atoms with Crippen molar-refractivity contribution < 1.29 is 38.5 Å². The molecule has 0 saturated heterocycles. The molecule has 45 heteroatoms. The van der Waals surface area contributed by atoms with Gasteiger partial charge in [-0.25, -0.2) is 43.5 Å². The Morgan fingerprint density at radius 1 is 0.609 bits per heavy atom. The first-order chi connectivity index (χ1) is 53.6. The molecule has 0 spiro atoms. The number of nitrogen functional groups attached to an aromatic ring is 1. The molecule has 13 aromatic rings. The number of ether oxygens (including phenoxy) is 3. The van der Waals surface area contributed by atoms with E-state index in [1.807, 2.05) is 62.4 Å². The van der Waals surface area contributed by atoms with Crippen LogP contribution in [0, 0.1) is 34.1 Å². The van der Waals surface area contributed by atoms with E-state index in [1.54, 1.807) is 120 Å². The standard InChI is InChI=1S/C17H23ClN4O2Si.C12H14ClIN4O2.C7H6ClIN4.C6H2Cl2IN3.C6H3Cl2N3.C6H5N3O2.C6H10O3.C5H10Si.C3H5N3.C2H6/c1-17(2,3)24-16(23)21(4)14-10-13(18)20-15-12(11-19-22(14)15)8-9-25(5,6)7;1-12(2,3)20-11(19)17(4)9-5-8(13)16-10-7(14)6-15-18(9)10;1-10-6-2-5(8)12-7-4(9)3-11-13(6)7;7-4-1-5(8)12-6(11-4)3(9)2-10-12;7-4-3-5(8)11-6(10-4)1-2-9-11;10-5-3-6(11)9-4(8-5)1-2-7-9;1-3-9-6(8)4-5(2)7;1-5-6(2,3)4;4-3-1-2-5-6-3;1-2/h10-11H,1-7H3;5-6H,1-4H3;2-3,10H,1H3;1-2H;1-3H;1-3,11H,(H,8,10);3-4H2,1-2H3;1H,2-4H3;1-2H,(H3,4,5,6);1-2H3. The average molecular weight is 2090 g/mol. The minimum atomic E-state index is -1.54. The summed E-state index contributed by atoms with van der Waals surface area (Å²) < 4.78 is 27.1. The number of amides is 2. The van der Waals surface area contributed by atoms with E-state index in [9.17, 15) is 24.0 Å². The highest BCUT2D eigenvalue weighted by Crippen LogP contribution is 2.27. The van der Waals surface area contributed by atoms with E-state index in [0.29, 0.717) is 88.8 Å². The van der Waals surface area contributed by atoms with Crippen molar-refractivity contribution in [2.75, 3.05) is 48.6 Å². The highest BCUT2D eigenvalue weighted by atomic mass is 127. The van der Waals surface area contributed by atoms with E-state index >= 15 is 0 Å². The number of aromatic nitrogens is 20. The van der Waals surface area contributed by atoms with Gasteiger partial charge >= 0.3 is 18.2 Å². The number of carbonyl (C=O) groups is 4. The molecule has 33 nitrogen and oxygen atoms in total. The topological polar surface area (TPSA) is 391 Å². The molecule has 0 aromatic carbocycles. The highest BCUT2D eigenvalue weighted by Gasteiger charge is 2.26. The molecule has 0 fully saturated rings. The summed E-state index contributed by atoms with van der Waals surface area (Å²) in [6.07, 6.45) is 15.5. The van der Waals surface area contributed by atoms with Crippen LogP contribution in [0.1, 0.15) is 81.2 Å². The van der Waals surface area contributed by atoms with Gasteiger partial charge in [0, 0.05) is 63.6 Å². The van der Waals surface area contributed by atoms with E-state index in [2.05, 4.69) is 205 Å². The molecule has 0 unspecified atom stereocenters.